The van der Waals surface area contributed by atoms with Gasteiger partial charge in [-0.1, -0.05) is 5.16 Å². The second kappa shape index (κ2) is 5.07. The number of hydrogen-bond acceptors (Lipinski definition) is 3. The third-order valence-electron chi connectivity index (χ3n) is 2.24. The molecule has 0 atom stereocenters. The fourth-order valence-electron chi connectivity index (χ4n) is 1.40. The summed E-state index contributed by atoms with van der Waals surface area (Å²) in [5.74, 6) is -0.719. The maximum absolute atomic E-state index is 14.1. The molecule has 0 saturated heterocycles. The standard InChI is InChI=1S/C10H7Br2FN4O/c11-5-3-15-17(4-5)7-2-1-6(10(14)16-18)8(12)9(7)13/h1-4,18H,(H2,14,16). The molecule has 0 spiro atoms. The van der Waals surface area contributed by atoms with Crippen LogP contribution in [0.3, 0.4) is 0 Å². The van der Waals surface area contributed by atoms with Crippen molar-refractivity contribution in [3.05, 3.63) is 44.9 Å². The number of benzene rings is 1. The van der Waals surface area contributed by atoms with Gasteiger partial charge in [-0.25, -0.2) is 9.07 Å². The Balaban J connectivity index is 2.57. The van der Waals surface area contributed by atoms with Crippen LogP contribution >= 0.6 is 31.9 Å². The molecule has 5 nitrogen and oxygen atoms in total. The first-order valence-corrected chi connectivity index (χ1v) is 6.29. The molecule has 3 N–H and O–H groups in total. The SMILES string of the molecule is N/C(=N/O)c1ccc(-n2cc(Br)cn2)c(F)c1Br. The molecule has 0 aliphatic heterocycles. The summed E-state index contributed by atoms with van der Waals surface area (Å²) in [6.45, 7) is 0. The number of aromatic nitrogens is 2. The van der Waals surface area contributed by atoms with Crippen LogP contribution in [-0.4, -0.2) is 20.8 Å². The lowest BCUT2D eigenvalue weighted by atomic mass is 10.2. The molecule has 1 aromatic carbocycles. The predicted octanol–water partition coefficient (Wildman–Crippen LogP) is 2.63. The molecule has 0 bridgehead atoms. The van der Waals surface area contributed by atoms with Gasteiger partial charge in [-0.15, -0.1) is 0 Å². The van der Waals surface area contributed by atoms with Crippen molar-refractivity contribution in [2.24, 2.45) is 10.9 Å². The molecule has 18 heavy (non-hydrogen) atoms. The summed E-state index contributed by atoms with van der Waals surface area (Å²) in [5, 5.41) is 15.4. The zero-order valence-electron chi connectivity index (χ0n) is 8.81. The molecular weight excluding hydrogens is 371 g/mol. The molecule has 8 heteroatoms. The summed E-state index contributed by atoms with van der Waals surface area (Å²) in [5.41, 5.74) is 5.95. The van der Waals surface area contributed by atoms with Crippen molar-refractivity contribution in [2.75, 3.05) is 0 Å². The van der Waals surface area contributed by atoms with E-state index in [9.17, 15) is 4.39 Å². The first-order valence-electron chi connectivity index (χ1n) is 4.71. The van der Waals surface area contributed by atoms with E-state index in [0.717, 1.165) is 4.47 Å². The van der Waals surface area contributed by atoms with Crippen LogP contribution in [0.1, 0.15) is 5.56 Å². The Morgan fingerprint density at radius 1 is 1.44 bits per heavy atom. The number of nitrogens with two attached hydrogens (primary N) is 1. The lowest BCUT2D eigenvalue weighted by Gasteiger charge is -2.08. The molecule has 0 radical (unpaired) electrons. The van der Waals surface area contributed by atoms with Crippen LogP contribution < -0.4 is 5.73 Å². The Kier molecular flexibility index (Phi) is 3.67. The van der Waals surface area contributed by atoms with Gasteiger partial charge in [0.15, 0.2) is 11.7 Å². The normalized spacial score (nSPS) is 11.8. The maximum Gasteiger partial charge on any atom is 0.171 e. The molecular formula is C10H7Br2FN4O. The third kappa shape index (κ3) is 2.25. The van der Waals surface area contributed by atoms with E-state index in [4.69, 9.17) is 10.9 Å². The molecule has 0 saturated carbocycles. The van der Waals surface area contributed by atoms with Crippen LogP contribution in [0, 0.1) is 5.82 Å². The molecule has 1 aromatic heterocycles. The zero-order chi connectivity index (χ0) is 13.3. The minimum atomic E-state index is -0.547. The van der Waals surface area contributed by atoms with Crippen molar-refractivity contribution in [1.82, 2.24) is 9.78 Å². The van der Waals surface area contributed by atoms with E-state index in [0.29, 0.717) is 0 Å². The Labute approximate surface area is 118 Å². The lowest BCUT2D eigenvalue weighted by molar-refractivity contribution is 0.318. The molecule has 1 heterocycles. The molecule has 94 valence electrons. The Morgan fingerprint density at radius 2 is 2.17 bits per heavy atom. The van der Waals surface area contributed by atoms with Gasteiger partial charge in [0.05, 0.1) is 15.1 Å². The van der Waals surface area contributed by atoms with Crippen LogP contribution in [0.4, 0.5) is 4.39 Å². The topological polar surface area (TPSA) is 76.4 Å². The predicted molar refractivity (Wildman–Crippen MR) is 71.4 cm³/mol. The average Bonchev–Trinajstić information content (AvgIpc) is 2.78. The number of halogens is 3. The van der Waals surface area contributed by atoms with E-state index in [2.05, 4.69) is 42.1 Å². The molecule has 2 aromatic rings. The lowest BCUT2D eigenvalue weighted by Crippen LogP contribution is -2.15. The van der Waals surface area contributed by atoms with E-state index in [-0.39, 0.29) is 21.6 Å². The quantitative estimate of drug-likeness (QED) is 0.365. The third-order valence-corrected chi connectivity index (χ3v) is 3.43. The van der Waals surface area contributed by atoms with Crippen molar-refractivity contribution in [1.29, 1.82) is 0 Å². The second-order valence-electron chi connectivity index (χ2n) is 3.35. The van der Waals surface area contributed by atoms with Gasteiger partial charge in [-0.2, -0.15) is 5.10 Å². The van der Waals surface area contributed by atoms with Crippen molar-refractivity contribution in [3.8, 4) is 5.69 Å². The van der Waals surface area contributed by atoms with Crippen LogP contribution in [0.5, 0.6) is 0 Å². The zero-order valence-corrected chi connectivity index (χ0v) is 12.0. The summed E-state index contributed by atoms with van der Waals surface area (Å²) in [7, 11) is 0. The van der Waals surface area contributed by atoms with Gasteiger partial charge in [-0.05, 0) is 44.0 Å². The Hall–Kier alpha value is -1.41. The first kappa shape index (κ1) is 13.0. The van der Waals surface area contributed by atoms with Crippen LogP contribution in [0.2, 0.25) is 0 Å². The van der Waals surface area contributed by atoms with Gasteiger partial charge in [0, 0.05) is 11.8 Å². The molecule has 0 aliphatic rings. The Bertz CT molecular complexity index is 626. The van der Waals surface area contributed by atoms with Crippen LogP contribution in [0.25, 0.3) is 5.69 Å². The number of rotatable bonds is 2. The fraction of sp³-hybridized carbons (Fsp3) is 0. The summed E-state index contributed by atoms with van der Waals surface area (Å²) in [6.07, 6.45) is 3.17. The van der Waals surface area contributed by atoms with Crippen LogP contribution in [-0.2, 0) is 0 Å². The minimum absolute atomic E-state index is 0.113. The van der Waals surface area contributed by atoms with Gasteiger partial charge < -0.3 is 10.9 Å². The molecule has 0 unspecified atom stereocenters. The highest BCUT2D eigenvalue weighted by Gasteiger charge is 2.15. The molecule has 0 aliphatic carbocycles. The number of oxime groups is 1. The van der Waals surface area contributed by atoms with Gasteiger partial charge in [0.25, 0.3) is 0 Å². The summed E-state index contributed by atoms with van der Waals surface area (Å²) < 4.78 is 16.4. The summed E-state index contributed by atoms with van der Waals surface area (Å²) in [6, 6.07) is 3.03. The minimum Gasteiger partial charge on any atom is -0.409 e. The van der Waals surface area contributed by atoms with Crippen molar-refractivity contribution >= 4 is 37.7 Å². The van der Waals surface area contributed by atoms with E-state index in [1.165, 1.54) is 16.8 Å². The van der Waals surface area contributed by atoms with Crippen LogP contribution in [0.15, 0.2) is 38.6 Å². The van der Waals surface area contributed by atoms with E-state index in [1.54, 1.807) is 12.4 Å². The number of hydrogen-bond donors (Lipinski definition) is 2. The monoisotopic (exact) mass is 376 g/mol. The highest BCUT2D eigenvalue weighted by molar-refractivity contribution is 9.10. The maximum atomic E-state index is 14.1. The van der Waals surface area contributed by atoms with Gasteiger partial charge in [0.2, 0.25) is 0 Å². The van der Waals surface area contributed by atoms with Crippen molar-refractivity contribution < 1.29 is 9.60 Å². The highest BCUT2D eigenvalue weighted by atomic mass is 79.9. The summed E-state index contributed by atoms with van der Waals surface area (Å²) >= 11 is 6.31. The van der Waals surface area contributed by atoms with Crippen molar-refractivity contribution in [2.45, 2.75) is 0 Å². The largest absolute Gasteiger partial charge is 0.409 e. The van der Waals surface area contributed by atoms with E-state index < -0.39 is 5.82 Å². The van der Waals surface area contributed by atoms with Gasteiger partial charge in [-0.3, -0.25) is 0 Å². The average molecular weight is 378 g/mol. The second-order valence-corrected chi connectivity index (χ2v) is 5.06. The highest BCUT2D eigenvalue weighted by Crippen LogP contribution is 2.26. The smallest absolute Gasteiger partial charge is 0.171 e. The van der Waals surface area contributed by atoms with E-state index in [1.807, 2.05) is 0 Å². The first-order chi connectivity index (χ1) is 8.54. The Morgan fingerprint density at radius 3 is 2.72 bits per heavy atom. The fourth-order valence-corrected chi connectivity index (χ4v) is 2.22. The van der Waals surface area contributed by atoms with Crippen molar-refractivity contribution in [3.63, 3.8) is 0 Å². The molecule has 0 fully saturated rings. The molecule has 0 amide bonds. The number of nitrogens with zero attached hydrogens (tertiary/aromatic N) is 3. The summed E-state index contributed by atoms with van der Waals surface area (Å²) in [4.78, 5) is 0. The van der Waals surface area contributed by atoms with E-state index >= 15 is 0 Å². The van der Waals surface area contributed by atoms with Gasteiger partial charge in [0.1, 0.15) is 5.69 Å². The number of amidine groups is 1. The molecule has 2 rings (SSSR count). The van der Waals surface area contributed by atoms with Gasteiger partial charge >= 0.3 is 0 Å².